The summed E-state index contributed by atoms with van der Waals surface area (Å²) >= 11 is 4.99. The van der Waals surface area contributed by atoms with E-state index in [1.54, 1.807) is 0 Å². The summed E-state index contributed by atoms with van der Waals surface area (Å²) in [7, 11) is -3.76. The molecule has 0 aliphatic heterocycles. The van der Waals surface area contributed by atoms with Gasteiger partial charge in [-0.15, -0.1) is 0 Å². The Morgan fingerprint density at radius 2 is 1.96 bits per heavy atom. The highest BCUT2D eigenvalue weighted by Gasteiger charge is 2.10. The van der Waals surface area contributed by atoms with E-state index in [9.17, 15) is 18.5 Å². The van der Waals surface area contributed by atoms with Crippen LogP contribution in [0, 0.1) is 10.1 Å². The highest BCUT2D eigenvalue weighted by Crippen LogP contribution is 2.14. The lowest BCUT2D eigenvalue weighted by atomic mass is 10.3. The summed E-state index contributed by atoms with van der Waals surface area (Å²) in [6.07, 6.45) is 1.21. The maximum atomic E-state index is 11.1. The molecule has 1 heterocycles. The van der Waals surface area contributed by atoms with Gasteiger partial charge >= 0.3 is 5.88 Å². The Morgan fingerprint density at radius 3 is 2.50 bits per heavy atom. The summed E-state index contributed by atoms with van der Waals surface area (Å²) in [5.41, 5.74) is 3.00. The first kappa shape index (κ1) is 17.5. The topological polar surface area (TPSA) is 153 Å². The number of benzene rings is 1. The van der Waals surface area contributed by atoms with E-state index in [1.165, 1.54) is 42.6 Å². The minimum Gasteiger partial charge on any atom is -0.400 e. The number of furan rings is 1. The van der Waals surface area contributed by atoms with Crippen LogP contribution in [0.4, 0.5) is 11.6 Å². The Bertz CT molecular complexity index is 889. The second kappa shape index (κ2) is 7.16. The molecule has 12 heteroatoms. The number of hydrogen-bond donors (Lipinski definition) is 3. The number of anilines is 1. The normalized spacial score (nSPS) is 11.4. The minimum absolute atomic E-state index is 0.0237. The zero-order valence-electron chi connectivity index (χ0n) is 11.9. The zero-order chi connectivity index (χ0) is 17.7. The highest BCUT2D eigenvalue weighted by atomic mass is 32.2. The zero-order valence-corrected chi connectivity index (χ0v) is 13.5. The summed E-state index contributed by atoms with van der Waals surface area (Å²) in [6, 6.07) is 8.19. The molecule has 0 saturated carbocycles. The number of rotatable bonds is 5. The van der Waals surface area contributed by atoms with Gasteiger partial charge in [0, 0.05) is 5.69 Å². The molecule has 1 aromatic carbocycles. The van der Waals surface area contributed by atoms with Crippen LogP contribution in [-0.4, -0.2) is 24.7 Å². The minimum atomic E-state index is -3.76. The van der Waals surface area contributed by atoms with Crippen molar-refractivity contribution in [3.8, 4) is 0 Å². The average Bonchev–Trinajstić information content (AvgIpc) is 2.96. The third-order valence-electron chi connectivity index (χ3n) is 2.59. The SMILES string of the molecule is NS(=O)(=O)c1ccc(NC(=S)N/N=C/c2ccc([N+](=O)[O-])o2)cc1. The van der Waals surface area contributed by atoms with Gasteiger partial charge in [0.05, 0.1) is 17.2 Å². The van der Waals surface area contributed by atoms with Gasteiger partial charge in [0.25, 0.3) is 0 Å². The Kier molecular flexibility index (Phi) is 5.23. The number of hydrazone groups is 1. The Labute approximate surface area is 141 Å². The number of nitro groups is 1. The van der Waals surface area contributed by atoms with Crippen molar-refractivity contribution < 1.29 is 17.8 Å². The Morgan fingerprint density at radius 1 is 1.29 bits per heavy atom. The lowest BCUT2D eigenvalue weighted by Crippen LogP contribution is -2.23. The van der Waals surface area contributed by atoms with Crippen LogP contribution in [0.5, 0.6) is 0 Å². The third kappa shape index (κ3) is 4.84. The predicted molar refractivity (Wildman–Crippen MR) is 90.1 cm³/mol. The molecule has 126 valence electrons. The summed E-state index contributed by atoms with van der Waals surface area (Å²) in [6.45, 7) is 0. The molecule has 0 unspecified atom stereocenters. The number of hydrogen-bond acceptors (Lipinski definition) is 7. The molecule has 0 aliphatic rings. The van der Waals surface area contributed by atoms with Gasteiger partial charge in [-0.3, -0.25) is 15.5 Å². The third-order valence-corrected chi connectivity index (χ3v) is 3.71. The molecule has 10 nitrogen and oxygen atoms in total. The first-order valence-electron chi connectivity index (χ1n) is 6.23. The van der Waals surface area contributed by atoms with Crippen LogP contribution < -0.4 is 15.9 Å². The number of nitrogens with zero attached hydrogens (tertiary/aromatic N) is 2. The van der Waals surface area contributed by atoms with Crippen molar-refractivity contribution in [2.75, 3.05) is 5.32 Å². The van der Waals surface area contributed by atoms with Crippen molar-refractivity contribution in [3.63, 3.8) is 0 Å². The Balaban J connectivity index is 1.91. The largest absolute Gasteiger partial charge is 0.433 e. The van der Waals surface area contributed by atoms with Gasteiger partial charge in [0.1, 0.15) is 4.92 Å². The average molecular weight is 369 g/mol. The second-order valence-electron chi connectivity index (χ2n) is 4.33. The van der Waals surface area contributed by atoms with Crippen molar-refractivity contribution in [1.29, 1.82) is 0 Å². The number of primary sulfonamides is 1. The predicted octanol–water partition coefficient (Wildman–Crippen LogP) is 1.16. The van der Waals surface area contributed by atoms with E-state index in [4.69, 9.17) is 21.8 Å². The summed E-state index contributed by atoms with van der Waals surface area (Å²) < 4.78 is 27.1. The molecule has 0 aliphatic carbocycles. The van der Waals surface area contributed by atoms with E-state index in [2.05, 4.69) is 15.8 Å². The molecule has 1 aromatic heterocycles. The molecule has 0 spiro atoms. The van der Waals surface area contributed by atoms with Gasteiger partial charge in [-0.1, -0.05) is 0 Å². The smallest absolute Gasteiger partial charge is 0.400 e. The maximum absolute atomic E-state index is 11.1. The van der Waals surface area contributed by atoms with Crippen LogP contribution >= 0.6 is 12.2 Å². The molecular weight excluding hydrogens is 358 g/mol. The van der Waals surface area contributed by atoms with Gasteiger partial charge in [-0.25, -0.2) is 13.6 Å². The van der Waals surface area contributed by atoms with Crippen LogP contribution in [0.25, 0.3) is 0 Å². The summed E-state index contributed by atoms with van der Waals surface area (Å²) in [5.74, 6) is -0.221. The maximum Gasteiger partial charge on any atom is 0.433 e. The van der Waals surface area contributed by atoms with Crippen LogP contribution in [-0.2, 0) is 10.0 Å². The van der Waals surface area contributed by atoms with E-state index in [1.807, 2.05) is 0 Å². The highest BCUT2D eigenvalue weighted by molar-refractivity contribution is 7.89. The van der Waals surface area contributed by atoms with Crippen molar-refractivity contribution in [2.45, 2.75) is 4.90 Å². The van der Waals surface area contributed by atoms with E-state index < -0.39 is 20.8 Å². The molecule has 24 heavy (non-hydrogen) atoms. The lowest BCUT2D eigenvalue weighted by Gasteiger charge is -2.07. The fourth-order valence-corrected chi connectivity index (χ4v) is 2.24. The summed E-state index contributed by atoms with van der Waals surface area (Å²) in [4.78, 5) is 9.77. The quantitative estimate of drug-likeness (QED) is 0.307. The molecule has 0 saturated heterocycles. The Hall–Kier alpha value is -2.83. The van der Waals surface area contributed by atoms with E-state index in [-0.39, 0.29) is 15.8 Å². The van der Waals surface area contributed by atoms with Gasteiger partial charge in [0.2, 0.25) is 10.0 Å². The fraction of sp³-hybridized carbons (Fsp3) is 0. The number of nitrogens with two attached hydrogens (primary N) is 1. The van der Waals surface area contributed by atoms with Crippen molar-refractivity contribution in [1.82, 2.24) is 5.43 Å². The first-order chi connectivity index (χ1) is 11.3. The summed E-state index contributed by atoms with van der Waals surface area (Å²) in [5, 5.41) is 22.1. The van der Waals surface area contributed by atoms with Crippen molar-refractivity contribution in [2.24, 2.45) is 10.2 Å². The van der Waals surface area contributed by atoms with E-state index >= 15 is 0 Å². The van der Waals surface area contributed by atoms with E-state index in [0.717, 1.165) is 0 Å². The number of nitrogens with one attached hydrogen (secondary N) is 2. The number of thiocarbonyl (C=S) groups is 1. The second-order valence-corrected chi connectivity index (χ2v) is 6.30. The molecule has 2 aromatic rings. The fourth-order valence-electron chi connectivity index (χ4n) is 1.55. The van der Waals surface area contributed by atoms with Crippen molar-refractivity contribution >= 4 is 45.1 Å². The molecule has 0 amide bonds. The van der Waals surface area contributed by atoms with Gasteiger partial charge < -0.3 is 9.73 Å². The molecule has 0 radical (unpaired) electrons. The monoisotopic (exact) mass is 369 g/mol. The molecule has 4 N–H and O–H groups in total. The molecule has 2 rings (SSSR count). The van der Waals surface area contributed by atoms with Crippen LogP contribution in [0.3, 0.4) is 0 Å². The van der Waals surface area contributed by atoms with Gasteiger partial charge in [0.15, 0.2) is 10.9 Å². The van der Waals surface area contributed by atoms with E-state index in [0.29, 0.717) is 5.69 Å². The van der Waals surface area contributed by atoms with Crippen LogP contribution in [0.2, 0.25) is 0 Å². The molecular formula is C12H11N5O5S2. The van der Waals surface area contributed by atoms with Gasteiger partial charge in [-0.2, -0.15) is 5.10 Å². The molecule has 0 fully saturated rings. The van der Waals surface area contributed by atoms with Gasteiger partial charge in [-0.05, 0) is 42.5 Å². The molecule has 0 atom stereocenters. The van der Waals surface area contributed by atoms with Crippen molar-refractivity contribution in [3.05, 3.63) is 52.3 Å². The van der Waals surface area contributed by atoms with Crippen LogP contribution in [0.1, 0.15) is 5.76 Å². The first-order valence-corrected chi connectivity index (χ1v) is 8.18. The number of sulfonamides is 1. The van der Waals surface area contributed by atoms with Crippen LogP contribution in [0.15, 0.2) is 50.8 Å². The molecule has 0 bridgehead atoms. The lowest BCUT2D eigenvalue weighted by molar-refractivity contribution is -0.402. The standard InChI is InChI=1S/C12H11N5O5S2/c13-24(20,21)10-4-1-8(2-5-10)15-12(23)16-14-7-9-3-6-11(22-9)17(18)19/h1-7H,(H2,13,20,21)(H2,15,16,23)/b14-7+.